The molecule has 4 nitrogen and oxygen atoms in total. The van der Waals surface area contributed by atoms with E-state index in [0.29, 0.717) is 18.0 Å². The van der Waals surface area contributed by atoms with Gasteiger partial charge in [-0.05, 0) is 42.7 Å². The number of carbonyl (C=O) groups is 1. The predicted octanol–water partition coefficient (Wildman–Crippen LogP) is 4.13. The maximum Gasteiger partial charge on any atom is 0.319 e. The lowest BCUT2D eigenvalue weighted by Crippen LogP contribution is -2.30. The number of amides is 2. The zero-order valence-electron chi connectivity index (χ0n) is 12.7. The largest absolute Gasteiger partial charge is 0.495 e. The van der Waals surface area contributed by atoms with Crippen LogP contribution in [0, 0.1) is 6.92 Å². The van der Waals surface area contributed by atoms with E-state index in [2.05, 4.69) is 26.6 Å². The van der Waals surface area contributed by atoms with Gasteiger partial charge in [0.25, 0.3) is 0 Å². The highest BCUT2D eigenvalue weighted by molar-refractivity contribution is 9.10. The average Bonchev–Trinajstić information content (AvgIpc) is 2.49. The van der Waals surface area contributed by atoms with Crippen LogP contribution in [-0.2, 0) is 6.42 Å². The first kappa shape index (κ1) is 16.4. The van der Waals surface area contributed by atoms with Crippen molar-refractivity contribution in [3.63, 3.8) is 0 Å². The first-order valence-electron chi connectivity index (χ1n) is 7.03. The minimum atomic E-state index is -0.240. The number of ether oxygens (including phenoxy) is 1. The van der Waals surface area contributed by atoms with Crippen molar-refractivity contribution in [2.45, 2.75) is 13.3 Å². The van der Waals surface area contributed by atoms with E-state index in [9.17, 15) is 4.79 Å². The maximum absolute atomic E-state index is 12.0. The van der Waals surface area contributed by atoms with Crippen LogP contribution in [0.4, 0.5) is 10.5 Å². The fourth-order valence-corrected chi connectivity index (χ4v) is 2.58. The zero-order chi connectivity index (χ0) is 15.9. The Morgan fingerprint density at radius 3 is 2.73 bits per heavy atom. The average molecular weight is 363 g/mol. The molecule has 2 aromatic rings. The highest BCUT2D eigenvalue weighted by Gasteiger charge is 2.07. The van der Waals surface area contributed by atoms with E-state index in [4.69, 9.17) is 4.74 Å². The summed E-state index contributed by atoms with van der Waals surface area (Å²) in [7, 11) is 1.58. The molecule has 0 atom stereocenters. The summed E-state index contributed by atoms with van der Waals surface area (Å²) in [5, 5.41) is 5.67. The maximum atomic E-state index is 12.0. The molecule has 0 heterocycles. The Morgan fingerprint density at radius 1 is 1.23 bits per heavy atom. The van der Waals surface area contributed by atoms with Crippen molar-refractivity contribution in [3.05, 3.63) is 58.1 Å². The minimum Gasteiger partial charge on any atom is -0.495 e. The molecule has 2 amide bonds. The zero-order valence-corrected chi connectivity index (χ0v) is 14.2. The minimum absolute atomic E-state index is 0.240. The molecule has 0 aliphatic carbocycles. The van der Waals surface area contributed by atoms with E-state index < -0.39 is 0 Å². The second-order valence-corrected chi connectivity index (χ2v) is 5.78. The second-order valence-electron chi connectivity index (χ2n) is 4.93. The van der Waals surface area contributed by atoms with Crippen molar-refractivity contribution >= 4 is 27.6 Å². The van der Waals surface area contributed by atoms with Crippen molar-refractivity contribution in [3.8, 4) is 5.75 Å². The van der Waals surface area contributed by atoms with Crippen LogP contribution in [0.3, 0.4) is 0 Å². The number of urea groups is 1. The smallest absolute Gasteiger partial charge is 0.319 e. The molecule has 0 aliphatic rings. The highest BCUT2D eigenvalue weighted by atomic mass is 79.9. The van der Waals surface area contributed by atoms with Crippen LogP contribution < -0.4 is 15.4 Å². The van der Waals surface area contributed by atoms with Crippen molar-refractivity contribution < 1.29 is 9.53 Å². The Bertz CT molecular complexity index is 659. The molecule has 2 aromatic carbocycles. The number of anilines is 1. The Kier molecular flexibility index (Phi) is 5.83. The van der Waals surface area contributed by atoms with Gasteiger partial charge in [-0.15, -0.1) is 0 Å². The van der Waals surface area contributed by atoms with Crippen LogP contribution in [0.15, 0.2) is 46.9 Å². The van der Waals surface area contributed by atoms with E-state index in [1.165, 1.54) is 0 Å². The van der Waals surface area contributed by atoms with Gasteiger partial charge < -0.3 is 15.4 Å². The molecular weight excluding hydrogens is 344 g/mol. The second kappa shape index (κ2) is 7.84. The number of benzene rings is 2. The molecule has 0 saturated carbocycles. The summed E-state index contributed by atoms with van der Waals surface area (Å²) >= 11 is 3.50. The van der Waals surface area contributed by atoms with Gasteiger partial charge in [-0.25, -0.2) is 4.79 Å². The Balaban J connectivity index is 1.88. The third-order valence-electron chi connectivity index (χ3n) is 3.24. The SMILES string of the molecule is COc1ccc(C)cc1NC(=O)NCCc1ccccc1Br. The summed E-state index contributed by atoms with van der Waals surface area (Å²) in [6.07, 6.45) is 0.764. The van der Waals surface area contributed by atoms with Crippen LogP contribution in [0.25, 0.3) is 0 Å². The Morgan fingerprint density at radius 2 is 2.00 bits per heavy atom. The van der Waals surface area contributed by atoms with Crippen LogP contribution in [0.5, 0.6) is 5.75 Å². The number of hydrogen-bond donors (Lipinski definition) is 2. The Hall–Kier alpha value is -2.01. The summed E-state index contributed by atoms with van der Waals surface area (Å²) < 4.78 is 6.30. The molecule has 0 bridgehead atoms. The van der Waals surface area contributed by atoms with E-state index >= 15 is 0 Å². The fraction of sp³-hybridized carbons (Fsp3) is 0.235. The van der Waals surface area contributed by atoms with Gasteiger partial charge in [-0.1, -0.05) is 40.2 Å². The molecule has 116 valence electrons. The van der Waals surface area contributed by atoms with Crippen molar-refractivity contribution in [1.82, 2.24) is 5.32 Å². The molecule has 0 saturated heterocycles. The molecule has 22 heavy (non-hydrogen) atoms. The summed E-state index contributed by atoms with van der Waals surface area (Å²) in [4.78, 5) is 12.0. The van der Waals surface area contributed by atoms with E-state index in [0.717, 1.165) is 22.0 Å². The standard InChI is InChI=1S/C17H19BrN2O2/c1-12-7-8-16(22-2)15(11-12)20-17(21)19-10-9-13-5-3-4-6-14(13)18/h3-8,11H,9-10H2,1-2H3,(H2,19,20,21). The summed E-state index contributed by atoms with van der Waals surface area (Å²) in [5.74, 6) is 0.645. The lowest BCUT2D eigenvalue weighted by atomic mass is 10.1. The number of rotatable bonds is 5. The van der Waals surface area contributed by atoms with Gasteiger partial charge in [-0.2, -0.15) is 0 Å². The molecular formula is C17H19BrN2O2. The van der Waals surface area contributed by atoms with Gasteiger partial charge in [0, 0.05) is 11.0 Å². The monoisotopic (exact) mass is 362 g/mol. The number of carbonyl (C=O) groups excluding carboxylic acids is 1. The molecule has 5 heteroatoms. The lowest BCUT2D eigenvalue weighted by Gasteiger charge is -2.12. The number of methoxy groups -OCH3 is 1. The molecule has 0 unspecified atom stereocenters. The first-order valence-corrected chi connectivity index (χ1v) is 7.82. The van der Waals surface area contributed by atoms with Crippen LogP contribution in [-0.4, -0.2) is 19.7 Å². The normalized spacial score (nSPS) is 10.1. The molecule has 2 rings (SSSR count). The Labute approximate surface area is 139 Å². The van der Waals surface area contributed by atoms with Gasteiger partial charge >= 0.3 is 6.03 Å². The van der Waals surface area contributed by atoms with Crippen LogP contribution >= 0.6 is 15.9 Å². The number of nitrogens with one attached hydrogen (secondary N) is 2. The molecule has 0 aromatic heterocycles. The van der Waals surface area contributed by atoms with E-state index in [-0.39, 0.29) is 6.03 Å². The van der Waals surface area contributed by atoms with E-state index in [1.807, 2.05) is 49.4 Å². The van der Waals surface area contributed by atoms with E-state index in [1.54, 1.807) is 7.11 Å². The molecule has 0 aliphatic heterocycles. The van der Waals surface area contributed by atoms with Gasteiger partial charge in [0.15, 0.2) is 0 Å². The molecule has 0 radical (unpaired) electrons. The number of hydrogen-bond acceptors (Lipinski definition) is 2. The highest BCUT2D eigenvalue weighted by Crippen LogP contribution is 2.25. The first-order chi connectivity index (χ1) is 10.6. The molecule has 0 spiro atoms. The van der Waals surface area contributed by atoms with Crippen molar-refractivity contribution in [1.29, 1.82) is 0 Å². The molecule has 2 N–H and O–H groups in total. The van der Waals surface area contributed by atoms with Gasteiger partial charge in [0.05, 0.1) is 12.8 Å². The van der Waals surface area contributed by atoms with Gasteiger partial charge in [-0.3, -0.25) is 0 Å². The third-order valence-corrected chi connectivity index (χ3v) is 4.01. The van der Waals surface area contributed by atoms with Crippen LogP contribution in [0.1, 0.15) is 11.1 Å². The number of halogens is 1. The molecule has 0 fully saturated rings. The summed E-state index contributed by atoms with van der Waals surface area (Å²) in [6, 6.07) is 13.4. The van der Waals surface area contributed by atoms with Crippen molar-refractivity contribution in [2.75, 3.05) is 19.0 Å². The predicted molar refractivity (Wildman–Crippen MR) is 92.6 cm³/mol. The van der Waals surface area contributed by atoms with Crippen molar-refractivity contribution in [2.24, 2.45) is 0 Å². The third kappa shape index (κ3) is 4.49. The summed E-state index contributed by atoms with van der Waals surface area (Å²) in [6.45, 7) is 2.53. The number of aryl methyl sites for hydroxylation is 1. The van der Waals surface area contributed by atoms with Gasteiger partial charge in [0.1, 0.15) is 5.75 Å². The van der Waals surface area contributed by atoms with Gasteiger partial charge in [0.2, 0.25) is 0 Å². The fourth-order valence-electron chi connectivity index (χ4n) is 2.10. The quantitative estimate of drug-likeness (QED) is 0.839. The summed E-state index contributed by atoms with van der Waals surface area (Å²) in [5.41, 5.74) is 2.89. The van der Waals surface area contributed by atoms with Crippen LogP contribution in [0.2, 0.25) is 0 Å². The lowest BCUT2D eigenvalue weighted by molar-refractivity contribution is 0.252. The topological polar surface area (TPSA) is 50.4 Å².